The molecule has 6 aromatic rings. The molecule has 1 atom stereocenters. The number of carbonyl (C=O) groups is 1. The molecule has 1 aliphatic heterocycles. The molecule has 11 heteroatoms. The molecule has 0 saturated heterocycles. The van der Waals surface area contributed by atoms with E-state index in [-0.39, 0.29) is 11.5 Å². The van der Waals surface area contributed by atoms with Crippen molar-refractivity contribution in [2.75, 3.05) is 12.4 Å². The van der Waals surface area contributed by atoms with E-state index in [2.05, 4.69) is 10.3 Å². The average Bonchev–Trinajstić information content (AvgIpc) is 3.74. The molecule has 0 radical (unpaired) electrons. The summed E-state index contributed by atoms with van der Waals surface area (Å²) in [6.07, 6.45) is 1.72. The van der Waals surface area contributed by atoms with Crippen LogP contribution in [0.25, 0.3) is 16.3 Å². The number of hydrogen-bond donors (Lipinski definition) is 1. The van der Waals surface area contributed by atoms with Crippen LogP contribution in [0.5, 0.6) is 5.75 Å². The number of carbonyl (C=O) groups excluding carboxylic acids is 1. The van der Waals surface area contributed by atoms with Crippen molar-refractivity contribution in [1.29, 1.82) is 0 Å². The lowest BCUT2D eigenvalue weighted by Crippen LogP contribution is -2.40. The fourth-order valence-corrected chi connectivity index (χ4v) is 8.03. The van der Waals surface area contributed by atoms with Gasteiger partial charge in [0.05, 0.1) is 39.2 Å². The van der Waals surface area contributed by atoms with Gasteiger partial charge in [0, 0.05) is 11.8 Å². The molecule has 1 aliphatic rings. The van der Waals surface area contributed by atoms with Crippen molar-refractivity contribution in [3.8, 4) is 5.75 Å². The first kappa shape index (κ1) is 28.1. The number of benzene rings is 3. The number of nitrogens with zero attached hydrogens (tertiary/aromatic N) is 3. The zero-order valence-electron chi connectivity index (χ0n) is 23.5. The highest BCUT2D eigenvalue weighted by Gasteiger charge is 2.32. The molecule has 1 N–H and O–H groups in total. The summed E-state index contributed by atoms with van der Waals surface area (Å²) in [5.74, 6) is 0.826. The van der Waals surface area contributed by atoms with Crippen LogP contribution in [0, 0.1) is 0 Å². The monoisotopic (exact) mass is 636 g/mol. The molecule has 1 amide bonds. The third-order valence-corrected chi connectivity index (χ3v) is 10.0. The fraction of sp³-hybridized carbons (Fsp3) is 0.0909. The number of amides is 1. The van der Waals surface area contributed by atoms with Gasteiger partial charge in [0.15, 0.2) is 14.2 Å². The third-order valence-electron chi connectivity index (χ3n) is 7.05. The zero-order chi connectivity index (χ0) is 30.2. The summed E-state index contributed by atoms with van der Waals surface area (Å²) in [6.45, 7) is 1.79. The molecular weight excluding hydrogens is 613 g/mol. The Bertz CT molecular complexity index is 2210. The number of hydrogen-bond acceptors (Lipinski definition) is 9. The quantitative estimate of drug-likeness (QED) is 0.223. The van der Waals surface area contributed by atoms with Gasteiger partial charge in [0.25, 0.3) is 11.5 Å². The minimum Gasteiger partial charge on any atom is -0.497 e. The lowest BCUT2D eigenvalue weighted by Gasteiger charge is -2.25. The van der Waals surface area contributed by atoms with Crippen molar-refractivity contribution >= 4 is 62.3 Å². The van der Waals surface area contributed by atoms with Crippen LogP contribution >= 0.6 is 34.4 Å². The Hall–Kier alpha value is -4.71. The van der Waals surface area contributed by atoms with Gasteiger partial charge in [0.2, 0.25) is 0 Å². The minimum absolute atomic E-state index is 0.268. The molecule has 0 spiro atoms. The molecule has 4 heterocycles. The maximum Gasteiger partial charge on any atom is 0.271 e. The van der Waals surface area contributed by atoms with Gasteiger partial charge in [-0.3, -0.25) is 14.2 Å². The highest BCUT2D eigenvalue weighted by atomic mass is 32.2. The zero-order valence-corrected chi connectivity index (χ0v) is 26.0. The second kappa shape index (κ2) is 11.8. The SMILES string of the molecule is COc1cccc([C@H]2C(C(=O)Nc3ccccc3)=C(C)N=c3s/c(=C/c4ccc(Sc5nc6ccccc6s5)o4)c(=O)n32)c1. The van der Waals surface area contributed by atoms with Gasteiger partial charge in [-0.05, 0) is 72.8 Å². The molecule has 0 fully saturated rings. The maximum absolute atomic E-state index is 14.0. The molecule has 3 aromatic carbocycles. The Morgan fingerprint density at radius 1 is 1.02 bits per heavy atom. The lowest BCUT2D eigenvalue weighted by atomic mass is 9.95. The van der Waals surface area contributed by atoms with Gasteiger partial charge in [-0.1, -0.05) is 53.8 Å². The Morgan fingerprint density at radius 2 is 1.84 bits per heavy atom. The highest BCUT2D eigenvalue weighted by Crippen LogP contribution is 2.35. The normalized spacial score (nSPS) is 14.9. The van der Waals surface area contributed by atoms with Gasteiger partial charge in [-0.15, -0.1) is 11.3 Å². The fourth-order valence-electron chi connectivity index (χ4n) is 5.04. The van der Waals surface area contributed by atoms with E-state index in [1.807, 2.05) is 91.0 Å². The molecule has 7 rings (SSSR count). The van der Waals surface area contributed by atoms with Gasteiger partial charge < -0.3 is 14.5 Å². The Balaban J connectivity index is 1.27. The van der Waals surface area contributed by atoms with Crippen LogP contribution in [0.2, 0.25) is 0 Å². The number of allylic oxidation sites excluding steroid dienone is 1. The Labute approximate surface area is 263 Å². The van der Waals surface area contributed by atoms with Gasteiger partial charge >= 0.3 is 0 Å². The van der Waals surface area contributed by atoms with Gasteiger partial charge in [-0.2, -0.15) is 0 Å². The van der Waals surface area contributed by atoms with Crippen molar-refractivity contribution in [3.05, 3.63) is 133 Å². The Kier molecular flexibility index (Phi) is 7.51. The second-order valence-corrected chi connectivity index (χ2v) is 13.2. The summed E-state index contributed by atoms with van der Waals surface area (Å²) in [5, 5.41) is 3.64. The summed E-state index contributed by atoms with van der Waals surface area (Å²) in [6, 6.07) is 27.6. The number of rotatable bonds is 7. The topological polar surface area (TPSA) is 98.7 Å². The van der Waals surface area contributed by atoms with Gasteiger partial charge in [-0.25, -0.2) is 9.98 Å². The minimum atomic E-state index is -0.714. The number of furan rings is 1. The van der Waals surface area contributed by atoms with E-state index in [1.54, 1.807) is 36.0 Å². The smallest absolute Gasteiger partial charge is 0.271 e. The van der Waals surface area contributed by atoms with Crippen molar-refractivity contribution in [2.45, 2.75) is 22.4 Å². The molecule has 44 heavy (non-hydrogen) atoms. The number of thiazole rings is 2. The van der Waals surface area contributed by atoms with Crippen molar-refractivity contribution in [2.24, 2.45) is 4.99 Å². The average molecular weight is 637 g/mol. The predicted molar refractivity (Wildman–Crippen MR) is 174 cm³/mol. The molecule has 218 valence electrons. The number of fused-ring (bicyclic) bond motifs is 2. The largest absolute Gasteiger partial charge is 0.497 e. The van der Waals surface area contributed by atoms with Crippen molar-refractivity contribution < 1.29 is 13.9 Å². The van der Waals surface area contributed by atoms with Crippen LogP contribution in [0.15, 0.2) is 126 Å². The summed E-state index contributed by atoms with van der Waals surface area (Å²) in [7, 11) is 1.58. The number of anilines is 1. The van der Waals surface area contributed by atoms with E-state index < -0.39 is 6.04 Å². The molecule has 0 aliphatic carbocycles. The predicted octanol–water partition coefficient (Wildman–Crippen LogP) is 6.24. The molecule has 0 bridgehead atoms. The van der Waals surface area contributed by atoms with E-state index in [0.29, 0.717) is 42.9 Å². The van der Waals surface area contributed by atoms with Crippen LogP contribution in [0.3, 0.4) is 0 Å². The summed E-state index contributed by atoms with van der Waals surface area (Å²) in [5.41, 5.74) is 2.98. The van der Waals surface area contributed by atoms with Crippen molar-refractivity contribution in [1.82, 2.24) is 9.55 Å². The van der Waals surface area contributed by atoms with Crippen molar-refractivity contribution in [3.63, 3.8) is 0 Å². The first-order valence-corrected chi connectivity index (χ1v) is 16.1. The van der Waals surface area contributed by atoms with E-state index in [4.69, 9.17) is 14.1 Å². The van der Waals surface area contributed by atoms with E-state index in [9.17, 15) is 9.59 Å². The maximum atomic E-state index is 14.0. The number of methoxy groups -OCH3 is 1. The van der Waals surface area contributed by atoms with Crippen LogP contribution in [0.1, 0.15) is 24.3 Å². The molecule has 0 unspecified atom stereocenters. The number of nitrogens with one attached hydrogen (secondary N) is 1. The molecule has 8 nitrogen and oxygen atoms in total. The summed E-state index contributed by atoms with van der Waals surface area (Å²) >= 11 is 4.30. The number of para-hydroxylation sites is 2. The molecule has 3 aromatic heterocycles. The van der Waals surface area contributed by atoms with Crippen LogP contribution in [-0.4, -0.2) is 22.6 Å². The van der Waals surface area contributed by atoms with Crippen LogP contribution in [0.4, 0.5) is 5.69 Å². The Morgan fingerprint density at radius 3 is 2.66 bits per heavy atom. The summed E-state index contributed by atoms with van der Waals surface area (Å²) < 4.78 is 15.6. The van der Waals surface area contributed by atoms with Crippen LogP contribution < -0.4 is 24.9 Å². The second-order valence-electron chi connectivity index (χ2n) is 9.88. The summed E-state index contributed by atoms with van der Waals surface area (Å²) in [4.78, 5) is 37.7. The van der Waals surface area contributed by atoms with E-state index in [1.165, 1.54) is 23.1 Å². The standard InChI is InChI=1S/C33H24N4O4S3/c1-19-28(30(38)35-21-10-4-3-5-11-21)29(20-9-8-12-22(17-20)40-2)37-31(39)26(42-32(37)34-19)18-23-15-16-27(41-23)44-33-36-24-13-6-7-14-25(24)43-33/h3-18,29H,1-2H3,(H,35,38)/b26-18+/t29-/m0/s1. The van der Waals surface area contributed by atoms with E-state index >= 15 is 0 Å². The highest BCUT2D eigenvalue weighted by molar-refractivity contribution is 8.01. The molecular formula is C33H24N4O4S3. The number of ether oxygens (including phenoxy) is 1. The first-order valence-electron chi connectivity index (χ1n) is 13.6. The number of aromatic nitrogens is 2. The third kappa shape index (κ3) is 5.41. The van der Waals surface area contributed by atoms with E-state index in [0.717, 1.165) is 20.1 Å². The van der Waals surface area contributed by atoms with Gasteiger partial charge in [0.1, 0.15) is 11.5 Å². The lowest BCUT2D eigenvalue weighted by molar-refractivity contribution is -0.113. The molecule has 0 saturated carbocycles. The van der Waals surface area contributed by atoms with Crippen LogP contribution in [-0.2, 0) is 4.79 Å². The first-order chi connectivity index (χ1) is 21.5.